The van der Waals surface area contributed by atoms with Crippen LogP contribution in [0.2, 0.25) is 5.02 Å². The lowest BCUT2D eigenvalue weighted by Gasteiger charge is -2.38. The standard InChI is InChI=1S/C23H31ClN2O4/c1-4-19(5-2)30-21-14-17(23(28)29)13-20(22(21)26-15(3)27)25-12-6-7-16-8-10-18(24)11-9-16/h6-11,14,19-22,25H,4-5,12-13H2,1-3H3,(H,26,27)(H,28,29)/b7-6+/t20-,21+,22+/m0/s1. The molecule has 7 heteroatoms. The van der Waals surface area contributed by atoms with Gasteiger partial charge in [0.15, 0.2) is 0 Å². The smallest absolute Gasteiger partial charge is 0.331 e. The van der Waals surface area contributed by atoms with E-state index in [4.69, 9.17) is 16.3 Å². The molecular weight excluding hydrogens is 404 g/mol. The summed E-state index contributed by atoms with van der Waals surface area (Å²) in [6.07, 6.45) is 7.00. The summed E-state index contributed by atoms with van der Waals surface area (Å²) in [5.74, 6) is -1.13. The van der Waals surface area contributed by atoms with Gasteiger partial charge < -0.3 is 20.5 Å². The number of aliphatic carboxylic acids is 1. The molecule has 0 spiro atoms. The fourth-order valence-electron chi connectivity index (χ4n) is 3.55. The van der Waals surface area contributed by atoms with Gasteiger partial charge in [0.25, 0.3) is 0 Å². The molecular formula is C23H31ClN2O4. The molecule has 6 nitrogen and oxygen atoms in total. The number of nitrogens with one attached hydrogen (secondary N) is 2. The molecule has 3 N–H and O–H groups in total. The van der Waals surface area contributed by atoms with E-state index >= 15 is 0 Å². The third-order valence-corrected chi connectivity index (χ3v) is 5.43. The molecule has 1 aromatic rings. The van der Waals surface area contributed by atoms with Gasteiger partial charge in [0.1, 0.15) is 0 Å². The van der Waals surface area contributed by atoms with Crippen LogP contribution in [0.4, 0.5) is 0 Å². The molecule has 0 bridgehead atoms. The molecule has 0 aliphatic heterocycles. The number of hydrogen-bond acceptors (Lipinski definition) is 4. The van der Waals surface area contributed by atoms with Crippen LogP contribution in [0.3, 0.4) is 0 Å². The van der Waals surface area contributed by atoms with Crippen molar-refractivity contribution in [3.05, 3.63) is 52.6 Å². The van der Waals surface area contributed by atoms with Gasteiger partial charge in [-0.15, -0.1) is 0 Å². The minimum absolute atomic E-state index is 0.00102. The number of benzene rings is 1. The summed E-state index contributed by atoms with van der Waals surface area (Å²) in [4.78, 5) is 23.5. The largest absolute Gasteiger partial charge is 0.478 e. The normalized spacial score (nSPS) is 21.6. The van der Waals surface area contributed by atoms with E-state index in [-0.39, 0.29) is 24.1 Å². The maximum Gasteiger partial charge on any atom is 0.331 e. The third kappa shape index (κ3) is 7.27. The highest BCUT2D eigenvalue weighted by Crippen LogP contribution is 2.24. The lowest BCUT2D eigenvalue weighted by Crippen LogP contribution is -2.58. The van der Waals surface area contributed by atoms with Gasteiger partial charge in [-0.05, 0) is 43.0 Å². The van der Waals surface area contributed by atoms with Crippen LogP contribution in [0.25, 0.3) is 6.08 Å². The van der Waals surface area contributed by atoms with E-state index in [2.05, 4.69) is 10.6 Å². The van der Waals surface area contributed by atoms with Crippen LogP contribution >= 0.6 is 11.6 Å². The van der Waals surface area contributed by atoms with Crippen LogP contribution in [0.1, 0.15) is 45.6 Å². The first-order valence-electron chi connectivity index (χ1n) is 10.4. The molecule has 0 saturated heterocycles. The molecule has 2 rings (SSSR count). The van der Waals surface area contributed by atoms with Crippen molar-refractivity contribution in [2.75, 3.05) is 6.54 Å². The molecule has 0 radical (unpaired) electrons. The molecule has 0 unspecified atom stereocenters. The molecule has 3 atom stereocenters. The van der Waals surface area contributed by atoms with Crippen molar-refractivity contribution in [1.29, 1.82) is 0 Å². The summed E-state index contributed by atoms with van der Waals surface area (Å²) in [7, 11) is 0. The Morgan fingerprint density at radius 2 is 1.93 bits per heavy atom. The number of amides is 1. The SMILES string of the molecule is CCC(CC)O[C@@H]1C=C(C(=O)O)C[C@H](NC/C=C/c2ccc(Cl)cc2)[C@H]1NC(C)=O. The number of carbonyl (C=O) groups excluding carboxylic acids is 1. The Bertz CT molecular complexity index is 772. The zero-order valence-electron chi connectivity index (χ0n) is 17.7. The Morgan fingerprint density at radius 1 is 1.27 bits per heavy atom. The Hall–Kier alpha value is -2.15. The summed E-state index contributed by atoms with van der Waals surface area (Å²) in [6.45, 7) is 6.04. The van der Waals surface area contributed by atoms with Crippen molar-refractivity contribution in [2.24, 2.45) is 0 Å². The molecule has 1 aliphatic rings. The van der Waals surface area contributed by atoms with Gasteiger partial charge in [0, 0.05) is 30.1 Å². The number of ether oxygens (including phenoxy) is 1. The lowest BCUT2D eigenvalue weighted by molar-refractivity contribution is -0.133. The molecule has 0 aromatic heterocycles. The lowest BCUT2D eigenvalue weighted by atomic mass is 9.87. The Morgan fingerprint density at radius 3 is 2.50 bits per heavy atom. The minimum Gasteiger partial charge on any atom is -0.478 e. The van der Waals surface area contributed by atoms with Crippen molar-refractivity contribution >= 4 is 29.6 Å². The van der Waals surface area contributed by atoms with Crippen molar-refractivity contribution < 1.29 is 19.4 Å². The molecule has 0 heterocycles. The summed E-state index contributed by atoms with van der Waals surface area (Å²) in [5.41, 5.74) is 1.32. The van der Waals surface area contributed by atoms with E-state index < -0.39 is 12.1 Å². The quantitative estimate of drug-likeness (QED) is 0.521. The van der Waals surface area contributed by atoms with Gasteiger partial charge in [0.2, 0.25) is 5.91 Å². The predicted molar refractivity (Wildman–Crippen MR) is 119 cm³/mol. The monoisotopic (exact) mass is 434 g/mol. The van der Waals surface area contributed by atoms with Gasteiger partial charge in [-0.3, -0.25) is 4.79 Å². The van der Waals surface area contributed by atoms with E-state index in [0.717, 1.165) is 18.4 Å². The summed E-state index contributed by atoms with van der Waals surface area (Å²) in [5, 5.41) is 16.6. The van der Waals surface area contributed by atoms with Crippen LogP contribution in [-0.2, 0) is 14.3 Å². The first kappa shape index (κ1) is 24.1. The van der Waals surface area contributed by atoms with Gasteiger partial charge >= 0.3 is 5.97 Å². The molecule has 0 fully saturated rings. The molecule has 30 heavy (non-hydrogen) atoms. The fraction of sp³-hybridized carbons (Fsp3) is 0.478. The minimum atomic E-state index is -0.960. The summed E-state index contributed by atoms with van der Waals surface area (Å²) < 4.78 is 6.18. The number of halogens is 1. The fourth-order valence-corrected chi connectivity index (χ4v) is 3.68. The van der Waals surface area contributed by atoms with Gasteiger partial charge in [-0.25, -0.2) is 4.79 Å². The van der Waals surface area contributed by atoms with Crippen molar-refractivity contribution in [2.45, 2.75) is 64.3 Å². The second kappa shape index (κ2) is 11.9. The number of rotatable bonds is 10. The topological polar surface area (TPSA) is 87.7 Å². The van der Waals surface area contributed by atoms with Crippen LogP contribution in [-0.4, -0.2) is 47.8 Å². The van der Waals surface area contributed by atoms with E-state index in [9.17, 15) is 14.7 Å². The predicted octanol–water partition coefficient (Wildman–Crippen LogP) is 3.80. The zero-order chi connectivity index (χ0) is 22.1. The maximum absolute atomic E-state index is 11.8. The summed E-state index contributed by atoms with van der Waals surface area (Å²) >= 11 is 5.91. The zero-order valence-corrected chi connectivity index (χ0v) is 18.5. The number of carboxylic acids is 1. The van der Waals surface area contributed by atoms with Crippen LogP contribution in [0.15, 0.2) is 42.0 Å². The Balaban J connectivity index is 2.14. The van der Waals surface area contributed by atoms with E-state index in [1.807, 2.05) is 50.3 Å². The molecule has 1 aromatic carbocycles. The van der Waals surface area contributed by atoms with Crippen LogP contribution in [0.5, 0.6) is 0 Å². The molecule has 1 aliphatic carbocycles. The maximum atomic E-state index is 11.8. The number of carbonyl (C=O) groups is 2. The first-order chi connectivity index (χ1) is 14.3. The summed E-state index contributed by atoms with van der Waals surface area (Å²) in [6, 6.07) is 6.88. The highest BCUT2D eigenvalue weighted by atomic mass is 35.5. The van der Waals surface area contributed by atoms with Crippen molar-refractivity contribution in [1.82, 2.24) is 10.6 Å². The highest BCUT2D eigenvalue weighted by molar-refractivity contribution is 6.30. The van der Waals surface area contributed by atoms with Gasteiger partial charge in [-0.2, -0.15) is 0 Å². The average molecular weight is 435 g/mol. The van der Waals surface area contributed by atoms with Gasteiger partial charge in [-0.1, -0.05) is 49.7 Å². The Labute approximate surface area is 183 Å². The number of hydrogen-bond donors (Lipinski definition) is 3. The van der Waals surface area contributed by atoms with Gasteiger partial charge in [0.05, 0.1) is 18.2 Å². The Kier molecular flexibility index (Phi) is 9.56. The van der Waals surface area contributed by atoms with E-state index in [1.165, 1.54) is 6.92 Å². The van der Waals surface area contributed by atoms with Crippen molar-refractivity contribution in [3.8, 4) is 0 Å². The number of carboxylic acid groups (broad SMARTS) is 1. The van der Waals surface area contributed by atoms with Crippen LogP contribution < -0.4 is 10.6 Å². The molecule has 1 amide bonds. The molecule has 164 valence electrons. The average Bonchev–Trinajstić information content (AvgIpc) is 2.71. The molecule has 0 saturated carbocycles. The van der Waals surface area contributed by atoms with E-state index in [1.54, 1.807) is 6.08 Å². The first-order valence-corrected chi connectivity index (χ1v) is 10.7. The van der Waals surface area contributed by atoms with Crippen LogP contribution in [0, 0.1) is 0 Å². The third-order valence-electron chi connectivity index (χ3n) is 5.18. The highest BCUT2D eigenvalue weighted by Gasteiger charge is 2.37. The second-order valence-electron chi connectivity index (χ2n) is 7.44. The second-order valence-corrected chi connectivity index (χ2v) is 7.87. The van der Waals surface area contributed by atoms with E-state index in [0.29, 0.717) is 23.6 Å². The van der Waals surface area contributed by atoms with Crippen molar-refractivity contribution in [3.63, 3.8) is 0 Å².